The van der Waals surface area contributed by atoms with Gasteiger partial charge in [0, 0.05) is 24.2 Å². The molecule has 1 aromatic carbocycles. The first kappa shape index (κ1) is 14.1. The number of likely N-dealkylation sites (N-methyl/N-ethyl adjacent to an activating group) is 1. The van der Waals surface area contributed by atoms with Crippen molar-refractivity contribution >= 4 is 0 Å². The minimum Gasteiger partial charge on any atom is -0.324 e. The van der Waals surface area contributed by atoms with Crippen LogP contribution in [0.2, 0.25) is 0 Å². The molecule has 1 atom stereocenters. The molecule has 3 heteroatoms. The normalized spacial score (nSPS) is 14.9. The molecule has 0 aromatic heterocycles. The minimum absolute atomic E-state index is 0.145. The fourth-order valence-corrected chi connectivity index (χ4v) is 2.24. The third-order valence-corrected chi connectivity index (χ3v) is 2.85. The van der Waals surface area contributed by atoms with Crippen molar-refractivity contribution in [1.29, 1.82) is 0 Å². The van der Waals surface area contributed by atoms with Crippen molar-refractivity contribution in [3.8, 4) is 0 Å². The Hall–Kier alpha value is -0.930. The SMILES string of the molecule is CCCC(C)(N)CN(C)Cc1ccccc1F. The molecule has 1 rings (SSSR count). The van der Waals surface area contributed by atoms with E-state index in [9.17, 15) is 4.39 Å². The lowest BCUT2D eigenvalue weighted by Gasteiger charge is -2.30. The fraction of sp³-hybridized carbons (Fsp3) is 0.571. The van der Waals surface area contributed by atoms with Crippen LogP contribution in [0, 0.1) is 5.82 Å². The molecule has 0 spiro atoms. The van der Waals surface area contributed by atoms with Crippen LogP contribution >= 0.6 is 0 Å². The largest absolute Gasteiger partial charge is 0.324 e. The standard InChI is InChI=1S/C14H23FN2/c1-4-9-14(2,16)11-17(3)10-12-7-5-6-8-13(12)15/h5-8H,4,9-11,16H2,1-3H3. The lowest BCUT2D eigenvalue weighted by Crippen LogP contribution is -2.46. The van der Waals surface area contributed by atoms with Gasteiger partial charge in [-0.1, -0.05) is 31.5 Å². The summed E-state index contributed by atoms with van der Waals surface area (Å²) in [5, 5.41) is 0. The first-order valence-electron chi connectivity index (χ1n) is 6.15. The van der Waals surface area contributed by atoms with Gasteiger partial charge in [-0.25, -0.2) is 4.39 Å². The van der Waals surface area contributed by atoms with Crippen molar-refractivity contribution in [1.82, 2.24) is 4.90 Å². The Morgan fingerprint density at radius 2 is 2.00 bits per heavy atom. The van der Waals surface area contributed by atoms with Gasteiger partial charge in [0.1, 0.15) is 5.82 Å². The van der Waals surface area contributed by atoms with Crippen LogP contribution in [0.1, 0.15) is 32.3 Å². The van der Waals surface area contributed by atoms with E-state index in [0.717, 1.165) is 24.9 Å². The van der Waals surface area contributed by atoms with Crippen molar-refractivity contribution in [3.05, 3.63) is 35.6 Å². The zero-order valence-corrected chi connectivity index (χ0v) is 11.0. The van der Waals surface area contributed by atoms with E-state index in [1.54, 1.807) is 6.07 Å². The molecule has 0 fully saturated rings. The highest BCUT2D eigenvalue weighted by atomic mass is 19.1. The Morgan fingerprint density at radius 1 is 1.35 bits per heavy atom. The van der Waals surface area contributed by atoms with Crippen LogP contribution in [-0.2, 0) is 6.54 Å². The Labute approximate surface area is 104 Å². The van der Waals surface area contributed by atoms with Gasteiger partial charge in [-0.2, -0.15) is 0 Å². The second-order valence-electron chi connectivity index (χ2n) is 5.17. The number of hydrogen-bond donors (Lipinski definition) is 1. The summed E-state index contributed by atoms with van der Waals surface area (Å²) >= 11 is 0. The molecule has 0 radical (unpaired) electrons. The highest BCUT2D eigenvalue weighted by Crippen LogP contribution is 2.13. The number of hydrogen-bond acceptors (Lipinski definition) is 2. The van der Waals surface area contributed by atoms with Gasteiger partial charge in [0.25, 0.3) is 0 Å². The van der Waals surface area contributed by atoms with E-state index in [4.69, 9.17) is 5.73 Å². The summed E-state index contributed by atoms with van der Waals surface area (Å²) in [6.45, 7) is 5.55. The molecular weight excluding hydrogens is 215 g/mol. The Kier molecular flexibility index (Phi) is 5.09. The van der Waals surface area contributed by atoms with Crippen molar-refractivity contribution in [2.75, 3.05) is 13.6 Å². The van der Waals surface area contributed by atoms with E-state index in [1.807, 2.05) is 26.1 Å². The minimum atomic E-state index is -0.200. The first-order chi connectivity index (χ1) is 7.94. The maximum atomic E-state index is 13.5. The van der Waals surface area contributed by atoms with Crippen molar-refractivity contribution < 1.29 is 4.39 Å². The van der Waals surface area contributed by atoms with Gasteiger partial charge in [-0.3, -0.25) is 0 Å². The highest BCUT2D eigenvalue weighted by Gasteiger charge is 2.19. The topological polar surface area (TPSA) is 29.3 Å². The van der Waals surface area contributed by atoms with E-state index >= 15 is 0 Å². The first-order valence-corrected chi connectivity index (χ1v) is 6.15. The zero-order chi connectivity index (χ0) is 12.9. The molecule has 96 valence electrons. The molecule has 1 unspecified atom stereocenters. The zero-order valence-electron chi connectivity index (χ0n) is 11.0. The molecule has 0 amide bonds. The second-order valence-corrected chi connectivity index (χ2v) is 5.17. The average molecular weight is 238 g/mol. The molecular formula is C14H23FN2. The van der Waals surface area contributed by atoms with Crippen LogP contribution in [0.3, 0.4) is 0 Å². The smallest absolute Gasteiger partial charge is 0.127 e. The molecule has 0 saturated heterocycles. The Balaban J connectivity index is 2.55. The maximum Gasteiger partial charge on any atom is 0.127 e. The van der Waals surface area contributed by atoms with Gasteiger partial charge in [0.05, 0.1) is 0 Å². The number of nitrogens with two attached hydrogens (primary N) is 1. The van der Waals surface area contributed by atoms with Crippen LogP contribution in [0.15, 0.2) is 24.3 Å². The molecule has 1 aromatic rings. The summed E-state index contributed by atoms with van der Waals surface area (Å²) in [4.78, 5) is 2.08. The molecule has 17 heavy (non-hydrogen) atoms. The Bertz CT molecular complexity index is 350. The van der Waals surface area contributed by atoms with Crippen molar-refractivity contribution in [3.63, 3.8) is 0 Å². The van der Waals surface area contributed by atoms with E-state index in [1.165, 1.54) is 6.07 Å². The van der Waals surface area contributed by atoms with Crippen LogP contribution in [-0.4, -0.2) is 24.0 Å². The average Bonchev–Trinajstić information content (AvgIpc) is 2.20. The highest BCUT2D eigenvalue weighted by molar-refractivity contribution is 5.17. The lowest BCUT2D eigenvalue weighted by atomic mass is 9.97. The monoisotopic (exact) mass is 238 g/mol. The summed E-state index contributed by atoms with van der Waals surface area (Å²) in [7, 11) is 1.98. The summed E-state index contributed by atoms with van der Waals surface area (Å²) in [5.74, 6) is -0.145. The third-order valence-electron chi connectivity index (χ3n) is 2.85. The van der Waals surface area contributed by atoms with Gasteiger partial charge in [0.15, 0.2) is 0 Å². The molecule has 0 aliphatic rings. The molecule has 0 bridgehead atoms. The van der Waals surface area contributed by atoms with Crippen molar-refractivity contribution in [2.24, 2.45) is 5.73 Å². The summed E-state index contributed by atoms with van der Waals surface area (Å²) in [6, 6.07) is 6.89. The number of halogens is 1. The summed E-state index contributed by atoms with van der Waals surface area (Å²) < 4.78 is 13.5. The van der Waals surface area contributed by atoms with E-state index in [-0.39, 0.29) is 11.4 Å². The second kappa shape index (κ2) is 6.12. The van der Waals surface area contributed by atoms with Crippen LogP contribution in [0.4, 0.5) is 4.39 Å². The molecule has 2 nitrogen and oxygen atoms in total. The molecule has 0 saturated carbocycles. The predicted octanol–water partition coefficient (Wildman–Crippen LogP) is 2.78. The van der Waals surface area contributed by atoms with Crippen molar-refractivity contribution in [2.45, 2.75) is 38.8 Å². The molecule has 0 aliphatic carbocycles. The van der Waals surface area contributed by atoms with Gasteiger partial charge in [-0.05, 0) is 26.5 Å². The number of benzene rings is 1. The quantitative estimate of drug-likeness (QED) is 0.825. The molecule has 0 heterocycles. The summed E-state index contributed by atoms with van der Waals surface area (Å²) in [5.41, 5.74) is 6.71. The maximum absolute atomic E-state index is 13.5. The van der Waals surface area contributed by atoms with Gasteiger partial charge >= 0.3 is 0 Å². The summed E-state index contributed by atoms with van der Waals surface area (Å²) in [6.07, 6.45) is 2.05. The van der Waals surface area contributed by atoms with E-state index in [0.29, 0.717) is 6.54 Å². The molecule has 0 aliphatic heterocycles. The van der Waals surface area contributed by atoms with Crippen LogP contribution < -0.4 is 5.73 Å². The molecule has 2 N–H and O–H groups in total. The van der Waals surface area contributed by atoms with E-state index < -0.39 is 0 Å². The third kappa shape index (κ3) is 4.84. The van der Waals surface area contributed by atoms with Crippen LogP contribution in [0.25, 0.3) is 0 Å². The van der Waals surface area contributed by atoms with Gasteiger partial charge in [-0.15, -0.1) is 0 Å². The fourth-order valence-electron chi connectivity index (χ4n) is 2.24. The number of rotatable bonds is 6. The van der Waals surface area contributed by atoms with Gasteiger partial charge in [0.2, 0.25) is 0 Å². The lowest BCUT2D eigenvalue weighted by molar-refractivity contribution is 0.238. The van der Waals surface area contributed by atoms with Crippen LogP contribution in [0.5, 0.6) is 0 Å². The predicted molar refractivity (Wildman–Crippen MR) is 70.2 cm³/mol. The Morgan fingerprint density at radius 3 is 2.59 bits per heavy atom. The van der Waals surface area contributed by atoms with E-state index in [2.05, 4.69) is 11.8 Å². The number of nitrogens with zero attached hydrogens (tertiary/aromatic N) is 1. The van der Waals surface area contributed by atoms with Gasteiger partial charge < -0.3 is 10.6 Å².